The molecule has 0 aliphatic rings. The van der Waals surface area contributed by atoms with E-state index in [0.717, 1.165) is 16.7 Å². The first-order chi connectivity index (χ1) is 19.4. The summed E-state index contributed by atoms with van der Waals surface area (Å²) in [5.74, 6) is 1.85. The van der Waals surface area contributed by atoms with Gasteiger partial charge in [-0.05, 0) is 54.8 Å². The maximum absolute atomic E-state index is 11.8. The van der Waals surface area contributed by atoms with Crippen molar-refractivity contribution in [3.63, 3.8) is 0 Å². The second-order valence-electron chi connectivity index (χ2n) is 7.59. The predicted octanol–water partition coefficient (Wildman–Crippen LogP) is 9.60. The van der Waals surface area contributed by atoms with Crippen molar-refractivity contribution < 1.29 is 18.8 Å². The van der Waals surface area contributed by atoms with E-state index in [0.29, 0.717) is 40.8 Å². The van der Waals surface area contributed by atoms with Gasteiger partial charge in [-0.2, -0.15) is 0 Å². The molecular weight excluding hydrogens is 500 g/mol. The lowest BCUT2D eigenvalue weighted by atomic mass is 10.0. The molecule has 0 saturated carbocycles. The average molecular weight is 547 g/mol. The monoisotopic (exact) mass is 546 g/mol. The Morgan fingerprint density at radius 3 is 2.02 bits per heavy atom. The summed E-state index contributed by atoms with van der Waals surface area (Å²) in [6, 6.07) is 15.0. The number of nitrogens with one attached hydrogen (secondary N) is 1. The largest absolute Gasteiger partial charge is 0.489 e. The molecule has 6 heteroatoms. The van der Waals surface area contributed by atoms with Gasteiger partial charge in [-0.1, -0.05) is 102 Å². The van der Waals surface area contributed by atoms with Crippen LogP contribution < -0.4 is 9.47 Å². The van der Waals surface area contributed by atoms with E-state index in [1.807, 2.05) is 115 Å². The third-order valence-electron chi connectivity index (χ3n) is 5.09. The molecule has 0 fully saturated rings. The van der Waals surface area contributed by atoms with E-state index < -0.39 is 0 Å². The number of Topliss-reactive ketones (excluding diaryl/α,β-unsaturated/α-hetero) is 1. The lowest BCUT2D eigenvalue weighted by molar-refractivity contribution is 0.100. The van der Waals surface area contributed by atoms with Crippen LogP contribution in [0.3, 0.4) is 0 Å². The van der Waals surface area contributed by atoms with Gasteiger partial charge in [0.2, 0.25) is 0 Å². The van der Waals surface area contributed by atoms with Gasteiger partial charge in [0.05, 0.1) is 11.3 Å². The number of nitrogens with zero attached hydrogens (tertiary/aromatic N) is 1. The molecule has 0 aliphatic carbocycles. The summed E-state index contributed by atoms with van der Waals surface area (Å²) in [7, 11) is 0. The van der Waals surface area contributed by atoms with Gasteiger partial charge >= 0.3 is 0 Å². The lowest BCUT2D eigenvalue weighted by Gasteiger charge is -2.10. The minimum Gasteiger partial charge on any atom is -0.489 e. The Balaban J connectivity index is 0.00000237. The molecule has 0 bridgehead atoms. The fourth-order valence-electron chi connectivity index (χ4n) is 3.25. The van der Waals surface area contributed by atoms with E-state index >= 15 is 0 Å². The first-order valence-corrected chi connectivity index (χ1v) is 13.9. The molecule has 0 aliphatic heterocycles. The van der Waals surface area contributed by atoms with Crippen molar-refractivity contribution in [3.8, 4) is 22.6 Å². The summed E-state index contributed by atoms with van der Waals surface area (Å²) in [5, 5.41) is 12.0. The van der Waals surface area contributed by atoms with Crippen molar-refractivity contribution in [1.82, 2.24) is 5.16 Å². The highest BCUT2D eigenvalue weighted by atomic mass is 16.5. The van der Waals surface area contributed by atoms with E-state index in [2.05, 4.69) is 11.7 Å². The van der Waals surface area contributed by atoms with E-state index in [1.54, 1.807) is 13.0 Å². The molecule has 0 spiro atoms. The molecule has 0 unspecified atom stereocenters. The SMILES string of the molecule is C=C/C(=C\C=C/C)C(=N)COc1ccc(COc2ccc(-c3c(C(C)=O)noc3C)cc2)cc1.CC.CC.CC. The number of hydrogen-bond donors (Lipinski definition) is 1. The second kappa shape index (κ2) is 20.7. The van der Waals surface area contributed by atoms with E-state index in [4.69, 9.17) is 19.4 Å². The Kier molecular flexibility index (Phi) is 18.6. The highest BCUT2D eigenvalue weighted by molar-refractivity contribution is 6.01. The molecule has 3 rings (SSSR count). The number of allylic oxidation sites excluding steroid dienone is 4. The Labute approximate surface area is 240 Å². The van der Waals surface area contributed by atoms with Crippen LogP contribution in [0, 0.1) is 12.3 Å². The molecule has 1 heterocycles. The van der Waals surface area contributed by atoms with Crippen LogP contribution in [0.15, 0.2) is 89.5 Å². The van der Waals surface area contributed by atoms with Crippen LogP contribution in [0.2, 0.25) is 0 Å². The van der Waals surface area contributed by atoms with E-state index in [9.17, 15) is 4.79 Å². The van der Waals surface area contributed by atoms with E-state index in [-0.39, 0.29) is 12.4 Å². The normalized spacial score (nSPS) is 10.2. The molecule has 40 heavy (non-hydrogen) atoms. The summed E-state index contributed by atoms with van der Waals surface area (Å²) >= 11 is 0. The Morgan fingerprint density at radius 1 is 0.950 bits per heavy atom. The Morgan fingerprint density at radius 2 is 1.50 bits per heavy atom. The van der Waals surface area contributed by atoms with Crippen molar-refractivity contribution in [2.24, 2.45) is 0 Å². The zero-order valence-corrected chi connectivity index (χ0v) is 25.6. The predicted molar refractivity (Wildman–Crippen MR) is 168 cm³/mol. The smallest absolute Gasteiger partial charge is 0.182 e. The van der Waals surface area contributed by atoms with Crippen molar-refractivity contribution in [3.05, 3.63) is 102 Å². The minimum atomic E-state index is -0.136. The zero-order chi connectivity index (χ0) is 30.5. The topological polar surface area (TPSA) is 85.4 Å². The third kappa shape index (κ3) is 11.3. The van der Waals surface area contributed by atoms with Crippen LogP contribution in [-0.4, -0.2) is 23.3 Å². The number of aromatic nitrogens is 1. The third-order valence-corrected chi connectivity index (χ3v) is 5.09. The summed E-state index contributed by atoms with van der Waals surface area (Å²) < 4.78 is 16.8. The van der Waals surface area contributed by atoms with Crippen LogP contribution in [0.4, 0.5) is 0 Å². The molecule has 216 valence electrons. The van der Waals surface area contributed by atoms with Gasteiger partial charge in [-0.15, -0.1) is 0 Å². The van der Waals surface area contributed by atoms with Gasteiger partial charge in [-0.25, -0.2) is 0 Å². The summed E-state index contributed by atoms with van der Waals surface area (Å²) in [6.45, 7) is 21.5. The van der Waals surface area contributed by atoms with Gasteiger partial charge in [0, 0.05) is 6.92 Å². The number of carbonyl (C=O) groups excluding carboxylic acids is 1. The maximum atomic E-state index is 11.8. The number of ether oxygens (including phenoxy) is 2. The molecule has 0 atom stereocenters. The van der Waals surface area contributed by atoms with Gasteiger partial charge in [-0.3, -0.25) is 4.79 Å². The number of benzene rings is 2. The summed E-state index contributed by atoms with van der Waals surface area (Å²) in [6.07, 6.45) is 7.25. The lowest BCUT2D eigenvalue weighted by Crippen LogP contribution is -2.11. The van der Waals surface area contributed by atoms with Crippen LogP contribution >= 0.6 is 0 Å². The van der Waals surface area contributed by atoms with Crippen molar-refractivity contribution in [2.45, 2.75) is 68.9 Å². The number of rotatable bonds is 11. The van der Waals surface area contributed by atoms with Gasteiger partial charge in [0.25, 0.3) is 0 Å². The van der Waals surface area contributed by atoms with Gasteiger partial charge < -0.3 is 19.4 Å². The molecular formula is C34H46N2O4. The number of hydrogen-bond acceptors (Lipinski definition) is 6. The van der Waals surface area contributed by atoms with E-state index in [1.165, 1.54) is 6.92 Å². The molecule has 1 N–H and O–H groups in total. The molecule has 1 aromatic heterocycles. The van der Waals surface area contributed by atoms with Gasteiger partial charge in [0.15, 0.2) is 11.5 Å². The first kappa shape index (κ1) is 35.8. The van der Waals surface area contributed by atoms with Gasteiger partial charge in [0.1, 0.15) is 30.5 Å². The number of aryl methyl sites for hydroxylation is 1. The molecule has 0 radical (unpaired) electrons. The molecule has 3 aromatic rings. The average Bonchev–Trinajstić information content (AvgIpc) is 3.40. The first-order valence-electron chi connectivity index (χ1n) is 13.9. The fourth-order valence-corrected chi connectivity index (χ4v) is 3.25. The quantitative estimate of drug-likeness (QED) is 0.147. The Bertz CT molecular complexity index is 1220. The highest BCUT2D eigenvalue weighted by Gasteiger charge is 2.18. The number of carbonyl (C=O) groups is 1. The van der Waals surface area contributed by atoms with Crippen LogP contribution in [-0.2, 0) is 6.61 Å². The molecule has 6 nitrogen and oxygen atoms in total. The van der Waals surface area contributed by atoms with Crippen molar-refractivity contribution >= 4 is 11.5 Å². The van der Waals surface area contributed by atoms with Crippen molar-refractivity contribution in [1.29, 1.82) is 5.41 Å². The highest BCUT2D eigenvalue weighted by Crippen LogP contribution is 2.29. The van der Waals surface area contributed by atoms with Crippen molar-refractivity contribution in [2.75, 3.05) is 6.61 Å². The molecule has 0 amide bonds. The van der Waals surface area contributed by atoms with Crippen LogP contribution in [0.25, 0.3) is 11.1 Å². The standard InChI is InChI=1S/C28H28N2O4.3C2H6/c1-5-7-8-22(6-2)26(29)18-33-24-13-9-21(10-14-24)17-32-25-15-11-23(12-16-25)27-20(4)34-30-28(27)19(3)31;3*1-2/h5-16,29H,2,17-18H2,1,3-4H3;3*1-2H3/b7-5-,22-8+,29-26?;;;. The summed E-state index contributed by atoms with van der Waals surface area (Å²) in [5.41, 5.74) is 3.97. The Hall–Kier alpha value is -4.19. The fraction of sp³-hybridized carbons (Fsp3) is 0.324. The second-order valence-corrected chi connectivity index (χ2v) is 7.59. The zero-order valence-electron chi connectivity index (χ0n) is 25.6. The summed E-state index contributed by atoms with van der Waals surface area (Å²) in [4.78, 5) is 11.8. The van der Waals surface area contributed by atoms with Crippen LogP contribution in [0.5, 0.6) is 11.5 Å². The maximum Gasteiger partial charge on any atom is 0.182 e. The molecule has 0 saturated heterocycles. The number of ketones is 1. The minimum absolute atomic E-state index is 0.136. The molecule has 2 aromatic carbocycles. The van der Waals surface area contributed by atoms with Crippen LogP contribution in [0.1, 0.15) is 77.2 Å².